The molecule has 4 rings (SSSR count). The molecule has 0 atom stereocenters. The number of ether oxygens (including phenoxy) is 1. The average Bonchev–Trinajstić information content (AvgIpc) is 3.18. The normalized spacial score (nSPS) is 11.2. The summed E-state index contributed by atoms with van der Waals surface area (Å²) < 4.78 is 11.8. The second-order valence-corrected chi connectivity index (χ2v) is 5.75. The van der Waals surface area contributed by atoms with Crippen LogP contribution in [0.4, 0.5) is 0 Å². The number of nitrogens with zero attached hydrogens (tertiary/aromatic N) is 4. The van der Waals surface area contributed by atoms with Crippen molar-refractivity contribution in [2.45, 2.75) is 6.92 Å². The van der Waals surface area contributed by atoms with Crippen LogP contribution in [0.25, 0.3) is 28.4 Å². The van der Waals surface area contributed by atoms with Gasteiger partial charge in [0.25, 0.3) is 11.4 Å². The third kappa shape index (κ3) is 2.56. The molecule has 0 aliphatic carbocycles. The fraction of sp³-hybridized carbons (Fsp3) is 0.125. The van der Waals surface area contributed by atoms with Crippen molar-refractivity contribution < 1.29 is 9.26 Å². The molecule has 0 radical (unpaired) electrons. The van der Waals surface area contributed by atoms with Crippen LogP contribution in [0.2, 0.25) is 5.02 Å². The SMILES string of the molecule is COc1[nH]n2c(=O)cc(-c3ccc(Cl)cc3)nc2c1-c1nc(C)no1. The standard InChI is InChI=1S/C16H12ClN5O3/c1-8-18-15(25-21-8)13-14-19-11(9-3-5-10(17)6-4-9)7-12(23)22(14)20-16(13)24-2/h3-7,20H,1-2H3. The first-order chi connectivity index (χ1) is 12.1. The summed E-state index contributed by atoms with van der Waals surface area (Å²) in [4.78, 5) is 21.3. The van der Waals surface area contributed by atoms with Gasteiger partial charge in [-0.2, -0.15) is 9.50 Å². The first kappa shape index (κ1) is 15.4. The van der Waals surface area contributed by atoms with E-state index in [9.17, 15) is 4.79 Å². The van der Waals surface area contributed by atoms with Crippen LogP contribution in [0, 0.1) is 6.92 Å². The molecular formula is C16H12ClN5O3. The number of halogens is 1. The topological polar surface area (TPSA) is 98.3 Å². The Bertz CT molecular complexity index is 1130. The van der Waals surface area contributed by atoms with E-state index in [0.29, 0.717) is 33.6 Å². The van der Waals surface area contributed by atoms with Gasteiger partial charge in [-0.3, -0.25) is 9.89 Å². The van der Waals surface area contributed by atoms with Gasteiger partial charge in [-0.1, -0.05) is 28.9 Å². The van der Waals surface area contributed by atoms with E-state index in [1.807, 2.05) is 0 Å². The Kier molecular flexibility index (Phi) is 3.54. The Morgan fingerprint density at radius 1 is 1.24 bits per heavy atom. The molecule has 0 bridgehead atoms. The van der Waals surface area contributed by atoms with Gasteiger partial charge >= 0.3 is 0 Å². The maximum atomic E-state index is 12.5. The molecule has 0 aliphatic rings. The van der Waals surface area contributed by atoms with Crippen molar-refractivity contribution in [3.05, 3.63) is 51.5 Å². The van der Waals surface area contributed by atoms with Gasteiger partial charge in [0, 0.05) is 16.7 Å². The van der Waals surface area contributed by atoms with Crippen molar-refractivity contribution in [2.75, 3.05) is 7.11 Å². The van der Waals surface area contributed by atoms with Crippen LogP contribution in [0.15, 0.2) is 39.6 Å². The zero-order valence-corrected chi connectivity index (χ0v) is 14.0. The van der Waals surface area contributed by atoms with Crippen LogP contribution >= 0.6 is 11.6 Å². The molecule has 3 aromatic heterocycles. The highest BCUT2D eigenvalue weighted by Crippen LogP contribution is 2.31. The number of hydrogen-bond donors (Lipinski definition) is 1. The summed E-state index contributed by atoms with van der Waals surface area (Å²) in [7, 11) is 1.47. The second kappa shape index (κ2) is 5.75. The van der Waals surface area contributed by atoms with Crippen LogP contribution < -0.4 is 10.3 Å². The van der Waals surface area contributed by atoms with Gasteiger partial charge in [-0.05, 0) is 19.1 Å². The number of benzene rings is 1. The largest absolute Gasteiger partial charge is 0.481 e. The number of H-pyrrole nitrogens is 1. The Hall–Kier alpha value is -3.13. The van der Waals surface area contributed by atoms with Gasteiger partial charge in [0.05, 0.1) is 12.8 Å². The third-order valence-electron chi connectivity index (χ3n) is 3.67. The van der Waals surface area contributed by atoms with E-state index in [-0.39, 0.29) is 11.4 Å². The summed E-state index contributed by atoms with van der Waals surface area (Å²) in [6.45, 7) is 1.70. The van der Waals surface area contributed by atoms with Crippen molar-refractivity contribution in [2.24, 2.45) is 0 Å². The van der Waals surface area contributed by atoms with Gasteiger partial charge in [0.2, 0.25) is 5.88 Å². The molecule has 1 N–H and O–H groups in total. The Morgan fingerprint density at radius 2 is 2.00 bits per heavy atom. The van der Waals surface area contributed by atoms with Crippen LogP contribution in [0.1, 0.15) is 5.82 Å². The highest BCUT2D eigenvalue weighted by molar-refractivity contribution is 6.30. The predicted molar refractivity (Wildman–Crippen MR) is 90.8 cm³/mol. The molecule has 0 amide bonds. The number of hydrogen-bond acceptors (Lipinski definition) is 6. The third-order valence-corrected chi connectivity index (χ3v) is 3.92. The Balaban J connectivity index is 2.01. The molecule has 3 heterocycles. The summed E-state index contributed by atoms with van der Waals surface area (Å²) in [5.41, 5.74) is 1.72. The lowest BCUT2D eigenvalue weighted by Gasteiger charge is -2.02. The van der Waals surface area contributed by atoms with E-state index in [2.05, 4.69) is 20.2 Å². The van der Waals surface area contributed by atoms with Crippen molar-refractivity contribution in [1.82, 2.24) is 24.7 Å². The molecule has 0 aliphatic heterocycles. The monoisotopic (exact) mass is 357 g/mol. The molecule has 0 spiro atoms. The van der Waals surface area contributed by atoms with Crippen LogP contribution in [0.5, 0.6) is 5.88 Å². The summed E-state index contributed by atoms with van der Waals surface area (Å²) in [6.07, 6.45) is 0. The van der Waals surface area contributed by atoms with Gasteiger partial charge in [-0.25, -0.2) is 4.98 Å². The minimum atomic E-state index is -0.296. The molecule has 0 unspecified atom stereocenters. The van der Waals surface area contributed by atoms with Gasteiger partial charge < -0.3 is 9.26 Å². The van der Waals surface area contributed by atoms with Gasteiger partial charge in [-0.15, -0.1) is 0 Å². The lowest BCUT2D eigenvalue weighted by atomic mass is 10.1. The first-order valence-electron chi connectivity index (χ1n) is 7.33. The number of aryl methyl sites for hydroxylation is 1. The van der Waals surface area contributed by atoms with Crippen LogP contribution in [0.3, 0.4) is 0 Å². The van der Waals surface area contributed by atoms with Crippen molar-refractivity contribution in [3.8, 4) is 28.6 Å². The molecule has 4 aromatic rings. The smallest absolute Gasteiger partial charge is 0.273 e. The lowest BCUT2D eigenvalue weighted by Crippen LogP contribution is -2.14. The highest BCUT2D eigenvalue weighted by Gasteiger charge is 2.22. The molecule has 0 fully saturated rings. The second-order valence-electron chi connectivity index (χ2n) is 5.31. The van der Waals surface area contributed by atoms with Crippen molar-refractivity contribution >= 4 is 17.2 Å². The number of aromatic nitrogens is 5. The maximum Gasteiger partial charge on any atom is 0.273 e. The fourth-order valence-electron chi connectivity index (χ4n) is 2.52. The summed E-state index contributed by atoms with van der Waals surface area (Å²) in [5.74, 6) is 0.988. The van der Waals surface area contributed by atoms with E-state index < -0.39 is 0 Å². The number of aromatic amines is 1. The van der Waals surface area contributed by atoms with E-state index in [1.165, 1.54) is 17.7 Å². The van der Waals surface area contributed by atoms with Crippen molar-refractivity contribution in [1.29, 1.82) is 0 Å². The number of fused-ring (bicyclic) bond motifs is 1. The highest BCUT2D eigenvalue weighted by atomic mass is 35.5. The summed E-state index contributed by atoms with van der Waals surface area (Å²) >= 11 is 5.92. The zero-order chi connectivity index (χ0) is 17.6. The predicted octanol–water partition coefficient (Wildman–Crippen LogP) is 2.71. The first-order valence-corrected chi connectivity index (χ1v) is 7.71. The zero-order valence-electron chi connectivity index (χ0n) is 13.3. The molecule has 0 saturated carbocycles. The molecule has 25 heavy (non-hydrogen) atoms. The van der Waals surface area contributed by atoms with Gasteiger partial charge in [0.15, 0.2) is 11.5 Å². The Labute approximate surface area is 146 Å². The maximum absolute atomic E-state index is 12.5. The minimum Gasteiger partial charge on any atom is -0.481 e. The van der Waals surface area contributed by atoms with E-state index >= 15 is 0 Å². The van der Waals surface area contributed by atoms with E-state index in [1.54, 1.807) is 31.2 Å². The number of nitrogens with one attached hydrogen (secondary N) is 1. The van der Waals surface area contributed by atoms with E-state index in [0.717, 1.165) is 5.56 Å². The lowest BCUT2D eigenvalue weighted by molar-refractivity contribution is 0.389. The molecular weight excluding hydrogens is 346 g/mol. The quantitative estimate of drug-likeness (QED) is 0.605. The summed E-state index contributed by atoms with van der Waals surface area (Å²) in [6, 6.07) is 8.48. The minimum absolute atomic E-state index is 0.216. The summed E-state index contributed by atoms with van der Waals surface area (Å²) in [5, 5.41) is 7.23. The number of rotatable bonds is 3. The fourth-order valence-corrected chi connectivity index (χ4v) is 2.65. The molecule has 1 aromatic carbocycles. The average molecular weight is 358 g/mol. The number of methoxy groups -OCH3 is 1. The molecule has 126 valence electrons. The van der Waals surface area contributed by atoms with Crippen LogP contribution in [-0.2, 0) is 0 Å². The van der Waals surface area contributed by atoms with Crippen molar-refractivity contribution in [3.63, 3.8) is 0 Å². The molecule has 0 saturated heterocycles. The molecule has 8 nitrogen and oxygen atoms in total. The molecule has 9 heteroatoms. The van der Waals surface area contributed by atoms with Crippen LogP contribution in [-0.4, -0.2) is 31.8 Å². The van der Waals surface area contributed by atoms with Gasteiger partial charge in [0.1, 0.15) is 5.56 Å². The Morgan fingerprint density at radius 3 is 2.64 bits per heavy atom. The van der Waals surface area contributed by atoms with E-state index in [4.69, 9.17) is 20.9 Å².